The normalized spacial score (nSPS) is 10.8. The molecule has 24 heavy (non-hydrogen) atoms. The molecule has 0 atom stereocenters. The van der Waals surface area contributed by atoms with Crippen LogP contribution in [0.25, 0.3) is 0 Å². The minimum atomic E-state index is -0.366. The van der Waals surface area contributed by atoms with Crippen LogP contribution in [0.4, 0.5) is 5.69 Å². The lowest BCUT2D eigenvalue weighted by molar-refractivity contribution is -0.145. The van der Waals surface area contributed by atoms with Crippen LogP contribution in [-0.2, 0) is 19.1 Å². The maximum Gasteiger partial charge on any atom is 0.306 e. The topological polar surface area (TPSA) is 74.2 Å². The van der Waals surface area contributed by atoms with E-state index in [1.165, 1.54) is 0 Å². The van der Waals surface area contributed by atoms with Gasteiger partial charge in [-0.2, -0.15) is 0 Å². The average Bonchev–Trinajstić information content (AvgIpc) is 2.54. The van der Waals surface area contributed by atoms with Gasteiger partial charge >= 0.3 is 11.9 Å². The molecule has 0 bridgehead atoms. The molecule has 1 rings (SSSR count). The predicted octanol–water partition coefficient (Wildman–Crippen LogP) is 3.31. The Labute approximate surface area is 142 Å². The number of rotatable bonds is 10. The van der Waals surface area contributed by atoms with E-state index in [2.05, 4.69) is 4.99 Å². The van der Waals surface area contributed by atoms with Crippen molar-refractivity contribution in [3.8, 4) is 5.75 Å². The van der Waals surface area contributed by atoms with Gasteiger partial charge in [0.15, 0.2) is 0 Å². The van der Waals surface area contributed by atoms with Gasteiger partial charge in [-0.3, -0.25) is 14.6 Å². The van der Waals surface area contributed by atoms with Gasteiger partial charge in [-0.05, 0) is 45.0 Å². The van der Waals surface area contributed by atoms with Crippen LogP contribution in [-0.4, -0.2) is 38.0 Å². The van der Waals surface area contributed by atoms with Crippen LogP contribution in [0.5, 0.6) is 5.75 Å². The molecule has 6 heteroatoms. The smallest absolute Gasteiger partial charge is 0.306 e. The lowest BCUT2D eigenvalue weighted by Crippen LogP contribution is -2.17. The van der Waals surface area contributed by atoms with Gasteiger partial charge in [-0.15, -0.1) is 0 Å². The van der Waals surface area contributed by atoms with Crippen molar-refractivity contribution in [3.63, 3.8) is 0 Å². The Balaban J connectivity index is 2.73. The van der Waals surface area contributed by atoms with E-state index >= 15 is 0 Å². The van der Waals surface area contributed by atoms with Crippen molar-refractivity contribution in [2.45, 2.75) is 33.6 Å². The fourth-order valence-corrected chi connectivity index (χ4v) is 2.03. The molecule has 0 N–H and O–H groups in total. The summed E-state index contributed by atoms with van der Waals surface area (Å²) in [5.41, 5.74) is 0.719. The zero-order valence-electron chi connectivity index (χ0n) is 14.5. The number of aliphatic imine (C=N–C) groups is 1. The molecule has 0 aliphatic rings. The van der Waals surface area contributed by atoms with Crippen molar-refractivity contribution in [2.24, 2.45) is 10.9 Å². The summed E-state index contributed by atoms with van der Waals surface area (Å²) >= 11 is 0. The fraction of sp³-hybridized carbons (Fsp3) is 0.500. The molecule has 0 aliphatic carbocycles. The number of hydrogen-bond acceptors (Lipinski definition) is 6. The van der Waals surface area contributed by atoms with E-state index < -0.39 is 0 Å². The van der Waals surface area contributed by atoms with Crippen molar-refractivity contribution in [3.05, 3.63) is 24.3 Å². The third-order valence-corrected chi connectivity index (χ3v) is 3.05. The molecule has 1 aromatic carbocycles. The van der Waals surface area contributed by atoms with Gasteiger partial charge in [0.1, 0.15) is 5.75 Å². The first-order valence-electron chi connectivity index (χ1n) is 8.17. The predicted molar refractivity (Wildman–Crippen MR) is 91.8 cm³/mol. The molecule has 0 spiro atoms. The first kappa shape index (κ1) is 19.7. The number of hydrogen-bond donors (Lipinski definition) is 0. The number of carbonyl (C=O) groups excluding carboxylic acids is 2. The first-order valence-corrected chi connectivity index (χ1v) is 8.17. The minimum Gasteiger partial charge on any atom is -0.494 e. The maximum atomic E-state index is 11.7. The van der Waals surface area contributed by atoms with Crippen molar-refractivity contribution >= 4 is 23.8 Å². The second-order valence-electron chi connectivity index (χ2n) is 4.98. The van der Waals surface area contributed by atoms with Crippen LogP contribution in [0, 0.1) is 5.92 Å². The summed E-state index contributed by atoms with van der Waals surface area (Å²) in [5.74, 6) is -0.310. The molecule has 132 valence electrons. The highest BCUT2D eigenvalue weighted by Gasteiger charge is 2.17. The monoisotopic (exact) mass is 335 g/mol. The number of benzene rings is 1. The summed E-state index contributed by atoms with van der Waals surface area (Å²) in [6, 6.07) is 7.27. The van der Waals surface area contributed by atoms with Crippen LogP contribution in [0.2, 0.25) is 0 Å². The van der Waals surface area contributed by atoms with E-state index in [1.807, 2.05) is 31.2 Å². The van der Waals surface area contributed by atoms with Gasteiger partial charge in [-0.1, -0.05) is 0 Å². The van der Waals surface area contributed by atoms with E-state index in [9.17, 15) is 9.59 Å². The van der Waals surface area contributed by atoms with Crippen LogP contribution in [0.15, 0.2) is 29.3 Å². The Morgan fingerprint density at radius 3 is 1.96 bits per heavy atom. The van der Waals surface area contributed by atoms with E-state index in [4.69, 9.17) is 14.2 Å². The van der Waals surface area contributed by atoms with E-state index in [1.54, 1.807) is 20.1 Å². The third kappa shape index (κ3) is 7.76. The summed E-state index contributed by atoms with van der Waals surface area (Å²) in [6.07, 6.45) is 1.78. The number of carbonyl (C=O) groups is 2. The molecule has 0 aromatic heterocycles. The SMILES string of the molecule is CCOC(=O)CC(C=Nc1ccc(OCC)cc1)CC(=O)OCC. The lowest BCUT2D eigenvalue weighted by atomic mass is 10.0. The van der Waals surface area contributed by atoms with Gasteiger partial charge in [0.25, 0.3) is 0 Å². The van der Waals surface area contributed by atoms with Gasteiger partial charge in [0.2, 0.25) is 0 Å². The molecule has 0 saturated carbocycles. The summed E-state index contributed by atoms with van der Waals surface area (Å²) < 4.78 is 15.2. The second-order valence-corrected chi connectivity index (χ2v) is 4.98. The molecule has 0 fully saturated rings. The summed E-state index contributed by atoms with van der Waals surface area (Å²) in [6.45, 7) is 6.62. The third-order valence-electron chi connectivity index (χ3n) is 3.05. The molecular weight excluding hydrogens is 310 g/mol. The van der Waals surface area contributed by atoms with Crippen LogP contribution < -0.4 is 4.74 Å². The maximum absolute atomic E-state index is 11.7. The first-order chi connectivity index (χ1) is 11.6. The molecule has 0 aliphatic heterocycles. The average molecular weight is 335 g/mol. The number of ether oxygens (including phenoxy) is 3. The molecule has 1 aromatic rings. The molecule has 0 heterocycles. The van der Waals surface area contributed by atoms with Gasteiger partial charge in [0.05, 0.1) is 38.3 Å². The molecule has 0 unspecified atom stereocenters. The molecular formula is C18H25NO5. The van der Waals surface area contributed by atoms with Gasteiger partial charge in [0, 0.05) is 12.1 Å². The van der Waals surface area contributed by atoms with Crippen molar-refractivity contribution in [2.75, 3.05) is 19.8 Å². The molecule has 0 radical (unpaired) electrons. The summed E-state index contributed by atoms with van der Waals surface area (Å²) in [7, 11) is 0. The standard InChI is InChI=1S/C18H25NO5/c1-4-22-16-9-7-15(8-10-16)19-13-14(11-17(20)23-5-2)12-18(21)24-6-3/h7-10,13-14H,4-6,11-12H2,1-3H3. The zero-order chi connectivity index (χ0) is 17.8. The van der Waals surface area contributed by atoms with E-state index in [0.717, 1.165) is 11.4 Å². The largest absolute Gasteiger partial charge is 0.494 e. The van der Waals surface area contributed by atoms with Crippen molar-refractivity contribution in [1.82, 2.24) is 0 Å². The molecule has 0 amide bonds. The van der Waals surface area contributed by atoms with Gasteiger partial charge in [-0.25, -0.2) is 0 Å². The zero-order valence-corrected chi connectivity index (χ0v) is 14.5. The number of nitrogens with zero attached hydrogens (tertiary/aromatic N) is 1. The summed E-state index contributed by atoms with van der Waals surface area (Å²) in [4.78, 5) is 27.7. The fourth-order valence-electron chi connectivity index (χ4n) is 2.03. The highest BCUT2D eigenvalue weighted by molar-refractivity contribution is 5.81. The Hall–Kier alpha value is -2.37. The Morgan fingerprint density at radius 2 is 1.50 bits per heavy atom. The van der Waals surface area contributed by atoms with Crippen molar-refractivity contribution in [1.29, 1.82) is 0 Å². The second kappa shape index (κ2) is 11.2. The highest BCUT2D eigenvalue weighted by Crippen LogP contribution is 2.19. The lowest BCUT2D eigenvalue weighted by Gasteiger charge is -2.11. The van der Waals surface area contributed by atoms with E-state index in [0.29, 0.717) is 19.8 Å². The Morgan fingerprint density at radius 1 is 0.958 bits per heavy atom. The highest BCUT2D eigenvalue weighted by atomic mass is 16.5. The summed E-state index contributed by atoms with van der Waals surface area (Å²) in [5, 5.41) is 0. The van der Waals surface area contributed by atoms with Crippen LogP contribution in [0.3, 0.4) is 0 Å². The number of esters is 2. The quantitative estimate of drug-likeness (QED) is 0.484. The Kier molecular flexibility index (Phi) is 9.19. The Bertz CT molecular complexity index is 519. The molecule has 0 saturated heterocycles. The van der Waals surface area contributed by atoms with Crippen LogP contribution in [0.1, 0.15) is 33.6 Å². The molecule has 6 nitrogen and oxygen atoms in total. The minimum absolute atomic E-state index is 0.0905. The van der Waals surface area contributed by atoms with Crippen LogP contribution >= 0.6 is 0 Å². The van der Waals surface area contributed by atoms with Gasteiger partial charge < -0.3 is 14.2 Å². The van der Waals surface area contributed by atoms with E-state index in [-0.39, 0.29) is 30.7 Å². The van der Waals surface area contributed by atoms with Crippen molar-refractivity contribution < 1.29 is 23.8 Å².